The van der Waals surface area contributed by atoms with Crippen LogP contribution in [0.1, 0.15) is 19.8 Å². The second-order valence-electron chi connectivity index (χ2n) is 2.21. The summed E-state index contributed by atoms with van der Waals surface area (Å²) in [5, 5.41) is 8.81. The largest absolute Gasteiger partial charge is 0.393 e. The quantitative estimate of drug-likeness (QED) is 0.530. The number of rotatable bonds is 2. The predicted molar refractivity (Wildman–Crippen MR) is 32.5 cm³/mol. The molecule has 1 aliphatic carbocycles. The normalized spacial score (nSPS) is 19.5. The molecular formula is C7H10O. The highest BCUT2D eigenvalue weighted by Gasteiger charge is 2.03. The monoisotopic (exact) mass is 110 g/mol. The van der Waals surface area contributed by atoms with Gasteiger partial charge in [0.2, 0.25) is 0 Å². The third-order valence-corrected chi connectivity index (χ3v) is 1.20. The van der Waals surface area contributed by atoms with Crippen molar-refractivity contribution in [3.8, 4) is 0 Å². The highest BCUT2D eigenvalue weighted by molar-refractivity contribution is 5.16. The summed E-state index contributed by atoms with van der Waals surface area (Å²) < 4.78 is 0. The third kappa shape index (κ3) is 1.22. The zero-order chi connectivity index (χ0) is 5.98. The van der Waals surface area contributed by atoms with Gasteiger partial charge in [0.25, 0.3) is 0 Å². The van der Waals surface area contributed by atoms with Crippen molar-refractivity contribution in [2.75, 3.05) is 0 Å². The molecule has 0 spiro atoms. The van der Waals surface area contributed by atoms with Crippen molar-refractivity contribution >= 4 is 0 Å². The fraction of sp³-hybridized carbons (Fsp3) is 0.571. The van der Waals surface area contributed by atoms with Crippen LogP contribution in [0.5, 0.6) is 0 Å². The van der Waals surface area contributed by atoms with Crippen LogP contribution in [0.15, 0.2) is 17.4 Å². The zero-order valence-corrected chi connectivity index (χ0v) is 5.02. The van der Waals surface area contributed by atoms with Gasteiger partial charge in [-0.25, -0.2) is 0 Å². The second kappa shape index (κ2) is 2.17. The fourth-order valence-electron chi connectivity index (χ4n) is 0.745. The molecule has 0 heterocycles. The number of hydrogen-bond donors (Lipinski definition) is 1. The average Bonchev–Trinajstić information content (AvgIpc) is 1.55. The lowest BCUT2D eigenvalue weighted by Crippen LogP contribution is -2.02. The van der Waals surface area contributed by atoms with E-state index in [0.717, 1.165) is 12.8 Å². The van der Waals surface area contributed by atoms with E-state index in [9.17, 15) is 0 Å². The van der Waals surface area contributed by atoms with Gasteiger partial charge in [0, 0.05) is 12.8 Å². The SMILES string of the molecule is C[C@H](O)CC1=C=CC1. The van der Waals surface area contributed by atoms with Crippen molar-refractivity contribution in [2.24, 2.45) is 0 Å². The number of aliphatic hydroxyl groups excluding tert-OH is 1. The van der Waals surface area contributed by atoms with E-state index in [1.165, 1.54) is 5.57 Å². The maximum absolute atomic E-state index is 8.81. The molecule has 0 bridgehead atoms. The van der Waals surface area contributed by atoms with Gasteiger partial charge in [-0.3, -0.25) is 0 Å². The van der Waals surface area contributed by atoms with E-state index in [1.807, 2.05) is 6.08 Å². The Labute approximate surface area is 49.3 Å². The summed E-state index contributed by atoms with van der Waals surface area (Å²) in [6.45, 7) is 1.80. The summed E-state index contributed by atoms with van der Waals surface area (Å²) in [4.78, 5) is 0. The van der Waals surface area contributed by atoms with Gasteiger partial charge in [-0.15, -0.1) is 5.73 Å². The summed E-state index contributed by atoms with van der Waals surface area (Å²) in [6, 6.07) is 0. The Morgan fingerprint density at radius 2 is 2.62 bits per heavy atom. The topological polar surface area (TPSA) is 20.2 Å². The second-order valence-corrected chi connectivity index (χ2v) is 2.21. The van der Waals surface area contributed by atoms with Crippen LogP contribution in [0.4, 0.5) is 0 Å². The molecule has 0 saturated carbocycles. The first kappa shape index (κ1) is 5.61. The Morgan fingerprint density at radius 1 is 2.00 bits per heavy atom. The van der Waals surface area contributed by atoms with Crippen molar-refractivity contribution in [2.45, 2.75) is 25.9 Å². The Kier molecular flexibility index (Phi) is 1.52. The van der Waals surface area contributed by atoms with Crippen LogP contribution in [-0.2, 0) is 0 Å². The molecule has 44 valence electrons. The van der Waals surface area contributed by atoms with E-state index in [0.29, 0.717) is 0 Å². The molecule has 1 atom stereocenters. The van der Waals surface area contributed by atoms with E-state index in [2.05, 4.69) is 5.73 Å². The Balaban J connectivity index is 2.30. The molecule has 1 N–H and O–H groups in total. The Bertz CT molecular complexity index is 138. The minimum Gasteiger partial charge on any atom is -0.393 e. The van der Waals surface area contributed by atoms with Gasteiger partial charge in [0.1, 0.15) is 0 Å². The van der Waals surface area contributed by atoms with Gasteiger partial charge in [-0.05, 0) is 18.6 Å². The molecule has 0 fully saturated rings. The molecular weight excluding hydrogens is 100 g/mol. The first-order valence-corrected chi connectivity index (χ1v) is 2.90. The lowest BCUT2D eigenvalue weighted by atomic mass is 10.0. The van der Waals surface area contributed by atoms with Gasteiger partial charge >= 0.3 is 0 Å². The van der Waals surface area contributed by atoms with Crippen LogP contribution in [0.3, 0.4) is 0 Å². The van der Waals surface area contributed by atoms with E-state index >= 15 is 0 Å². The molecule has 1 rings (SSSR count). The first-order chi connectivity index (χ1) is 3.79. The maximum Gasteiger partial charge on any atom is 0.0555 e. The molecule has 1 aliphatic rings. The molecule has 8 heavy (non-hydrogen) atoms. The van der Waals surface area contributed by atoms with E-state index in [-0.39, 0.29) is 6.10 Å². The molecule has 1 heteroatoms. The average molecular weight is 110 g/mol. The van der Waals surface area contributed by atoms with E-state index in [1.54, 1.807) is 6.92 Å². The van der Waals surface area contributed by atoms with Gasteiger partial charge in [0.05, 0.1) is 6.10 Å². The molecule has 0 unspecified atom stereocenters. The van der Waals surface area contributed by atoms with Gasteiger partial charge in [0.15, 0.2) is 0 Å². The zero-order valence-electron chi connectivity index (χ0n) is 5.02. The van der Waals surface area contributed by atoms with Crippen molar-refractivity contribution in [3.05, 3.63) is 17.4 Å². The summed E-state index contributed by atoms with van der Waals surface area (Å²) in [6.07, 6.45) is 3.63. The van der Waals surface area contributed by atoms with E-state index < -0.39 is 0 Å². The minimum atomic E-state index is -0.189. The summed E-state index contributed by atoms with van der Waals surface area (Å²) in [7, 11) is 0. The minimum absolute atomic E-state index is 0.189. The molecule has 0 aromatic rings. The van der Waals surface area contributed by atoms with Crippen LogP contribution in [0.25, 0.3) is 0 Å². The van der Waals surface area contributed by atoms with Gasteiger partial charge in [-0.1, -0.05) is 0 Å². The van der Waals surface area contributed by atoms with Crippen LogP contribution < -0.4 is 0 Å². The lowest BCUT2D eigenvalue weighted by Gasteiger charge is -2.07. The first-order valence-electron chi connectivity index (χ1n) is 2.90. The van der Waals surface area contributed by atoms with Crippen molar-refractivity contribution in [3.63, 3.8) is 0 Å². The van der Waals surface area contributed by atoms with Crippen molar-refractivity contribution < 1.29 is 5.11 Å². The van der Waals surface area contributed by atoms with Crippen molar-refractivity contribution in [1.82, 2.24) is 0 Å². The maximum atomic E-state index is 8.81. The Hall–Kier alpha value is -0.520. The molecule has 0 aromatic carbocycles. The van der Waals surface area contributed by atoms with Crippen molar-refractivity contribution in [1.29, 1.82) is 0 Å². The van der Waals surface area contributed by atoms with E-state index in [4.69, 9.17) is 5.11 Å². The van der Waals surface area contributed by atoms with Crippen LogP contribution in [0.2, 0.25) is 0 Å². The van der Waals surface area contributed by atoms with Crippen LogP contribution >= 0.6 is 0 Å². The number of hydrogen-bond acceptors (Lipinski definition) is 1. The molecule has 0 aromatic heterocycles. The van der Waals surface area contributed by atoms with Gasteiger partial charge in [-0.2, -0.15) is 0 Å². The standard InChI is InChI=1S/C7H10O/c1-6(8)5-7-3-2-4-7/h2,6,8H,3,5H2,1H3/t6-/m0/s1. The third-order valence-electron chi connectivity index (χ3n) is 1.20. The smallest absolute Gasteiger partial charge is 0.0555 e. The summed E-state index contributed by atoms with van der Waals surface area (Å²) in [5.74, 6) is 0. The molecule has 0 saturated heterocycles. The van der Waals surface area contributed by atoms with Crippen LogP contribution in [-0.4, -0.2) is 11.2 Å². The predicted octanol–water partition coefficient (Wildman–Crippen LogP) is 1.24. The number of aliphatic hydroxyl groups is 1. The molecule has 0 aliphatic heterocycles. The fourth-order valence-corrected chi connectivity index (χ4v) is 0.745. The van der Waals surface area contributed by atoms with Gasteiger partial charge < -0.3 is 5.11 Å². The summed E-state index contributed by atoms with van der Waals surface area (Å²) in [5.41, 5.74) is 4.26. The highest BCUT2D eigenvalue weighted by atomic mass is 16.3. The summed E-state index contributed by atoms with van der Waals surface area (Å²) >= 11 is 0. The molecule has 0 radical (unpaired) electrons. The molecule has 1 nitrogen and oxygen atoms in total. The Morgan fingerprint density at radius 3 is 2.75 bits per heavy atom. The lowest BCUT2D eigenvalue weighted by molar-refractivity contribution is 0.194. The molecule has 0 amide bonds. The highest BCUT2D eigenvalue weighted by Crippen LogP contribution is 2.14. The van der Waals surface area contributed by atoms with Crippen LogP contribution in [0, 0.1) is 0 Å².